The van der Waals surface area contributed by atoms with Crippen molar-refractivity contribution in [2.45, 2.75) is 65.5 Å². The van der Waals surface area contributed by atoms with Gasteiger partial charge in [0.15, 0.2) is 0 Å². The summed E-state index contributed by atoms with van der Waals surface area (Å²) in [5.74, 6) is 0. The zero-order valence-corrected chi connectivity index (χ0v) is 13.1. The van der Waals surface area contributed by atoms with Crippen molar-refractivity contribution in [3.05, 3.63) is 34.9 Å². The SMILES string of the molecule is CCc1cc(CCCCN)cc(CNC(C)(C)C)c1. The van der Waals surface area contributed by atoms with Crippen LogP contribution >= 0.6 is 0 Å². The van der Waals surface area contributed by atoms with Crippen molar-refractivity contribution < 1.29 is 0 Å². The summed E-state index contributed by atoms with van der Waals surface area (Å²) >= 11 is 0. The van der Waals surface area contributed by atoms with E-state index < -0.39 is 0 Å². The topological polar surface area (TPSA) is 38.0 Å². The maximum atomic E-state index is 5.56. The highest BCUT2D eigenvalue weighted by Crippen LogP contribution is 2.14. The maximum Gasteiger partial charge on any atom is 0.0210 e. The van der Waals surface area contributed by atoms with Crippen molar-refractivity contribution in [1.82, 2.24) is 5.32 Å². The van der Waals surface area contributed by atoms with Gasteiger partial charge in [-0.15, -0.1) is 0 Å². The predicted molar refractivity (Wildman–Crippen MR) is 84.4 cm³/mol. The van der Waals surface area contributed by atoms with Crippen LogP contribution in [0.25, 0.3) is 0 Å². The van der Waals surface area contributed by atoms with Crippen molar-refractivity contribution >= 4 is 0 Å². The number of nitrogens with one attached hydrogen (secondary N) is 1. The molecule has 0 atom stereocenters. The van der Waals surface area contributed by atoms with E-state index in [1.165, 1.54) is 23.1 Å². The molecule has 0 aromatic heterocycles. The van der Waals surface area contributed by atoms with Crippen LogP contribution in [0.15, 0.2) is 18.2 Å². The minimum atomic E-state index is 0.169. The number of nitrogens with two attached hydrogens (primary N) is 1. The van der Waals surface area contributed by atoms with Gasteiger partial charge in [-0.3, -0.25) is 0 Å². The van der Waals surface area contributed by atoms with E-state index in [9.17, 15) is 0 Å². The molecule has 0 saturated heterocycles. The molecule has 2 nitrogen and oxygen atoms in total. The highest BCUT2D eigenvalue weighted by Gasteiger charge is 2.09. The van der Waals surface area contributed by atoms with Crippen molar-refractivity contribution in [2.75, 3.05) is 6.54 Å². The van der Waals surface area contributed by atoms with Gasteiger partial charge in [0.2, 0.25) is 0 Å². The summed E-state index contributed by atoms with van der Waals surface area (Å²) in [4.78, 5) is 0. The molecule has 1 rings (SSSR count). The molecule has 0 aliphatic rings. The van der Waals surface area contributed by atoms with E-state index in [2.05, 4.69) is 51.2 Å². The Balaban J connectivity index is 2.71. The summed E-state index contributed by atoms with van der Waals surface area (Å²) < 4.78 is 0. The van der Waals surface area contributed by atoms with Crippen molar-refractivity contribution in [1.29, 1.82) is 0 Å². The Kier molecular flexibility index (Phi) is 6.53. The van der Waals surface area contributed by atoms with Crippen LogP contribution in [0.4, 0.5) is 0 Å². The molecule has 0 heterocycles. The summed E-state index contributed by atoms with van der Waals surface area (Å²) in [5.41, 5.74) is 10.0. The van der Waals surface area contributed by atoms with Gasteiger partial charge >= 0.3 is 0 Å². The highest BCUT2D eigenvalue weighted by atomic mass is 14.9. The molecule has 0 aliphatic carbocycles. The highest BCUT2D eigenvalue weighted by molar-refractivity contribution is 5.30. The minimum Gasteiger partial charge on any atom is -0.330 e. The molecule has 3 N–H and O–H groups in total. The van der Waals surface area contributed by atoms with Crippen molar-refractivity contribution in [3.63, 3.8) is 0 Å². The number of hydrogen-bond donors (Lipinski definition) is 2. The van der Waals surface area contributed by atoms with Crippen LogP contribution in [0.3, 0.4) is 0 Å². The Morgan fingerprint density at radius 3 is 2.21 bits per heavy atom. The monoisotopic (exact) mass is 262 g/mol. The third kappa shape index (κ3) is 6.74. The van der Waals surface area contributed by atoms with Gasteiger partial charge in [0.1, 0.15) is 0 Å². The first-order chi connectivity index (χ1) is 8.94. The normalized spacial score (nSPS) is 11.8. The lowest BCUT2D eigenvalue weighted by molar-refractivity contribution is 0.424. The van der Waals surface area contributed by atoms with E-state index in [0.717, 1.165) is 32.4 Å². The quantitative estimate of drug-likeness (QED) is 0.739. The average Bonchev–Trinajstić information content (AvgIpc) is 2.36. The van der Waals surface area contributed by atoms with Gasteiger partial charge in [0.25, 0.3) is 0 Å². The van der Waals surface area contributed by atoms with E-state index in [4.69, 9.17) is 5.73 Å². The summed E-state index contributed by atoms with van der Waals surface area (Å²) in [5, 5.41) is 3.56. The lowest BCUT2D eigenvalue weighted by atomic mass is 9.99. The van der Waals surface area contributed by atoms with Crippen LogP contribution in [0.1, 0.15) is 57.2 Å². The van der Waals surface area contributed by atoms with Crippen molar-refractivity contribution in [2.24, 2.45) is 5.73 Å². The fourth-order valence-electron chi connectivity index (χ4n) is 2.13. The largest absolute Gasteiger partial charge is 0.330 e. The standard InChI is InChI=1S/C17H30N2/c1-5-14-10-15(8-6-7-9-18)12-16(11-14)13-19-17(2,3)4/h10-12,19H,5-9,13,18H2,1-4H3. The fraction of sp³-hybridized carbons (Fsp3) is 0.647. The van der Waals surface area contributed by atoms with Gasteiger partial charge in [0, 0.05) is 12.1 Å². The molecule has 19 heavy (non-hydrogen) atoms. The van der Waals surface area contributed by atoms with E-state index in [-0.39, 0.29) is 5.54 Å². The van der Waals surface area contributed by atoms with Gasteiger partial charge in [-0.2, -0.15) is 0 Å². The third-order valence-corrected chi connectivity index (χ3v) is 3.26. The Hall–Kier alpha value is -0.860. The van der Waals surface area contributed by atoms with Crippen LogP contribution in [0.2, 0.25) is 0 Å². The Bertz CT molecular complexity index is 377. The summed E-state index contributed by atoms with van der Waals surface area (Å²) in [6.45, 7) is 10.6. The zero-order chi connectivity index (χ0) is 14.3. The first-order valence-corrected chi connectivity index (χ1v) is 7.51. The number of rotatable bonds is 7. The molecule has 0 saturated carbocycles. The van der Waals surface area contributed by atoms with Gasteiger partial charge in [-0.05, 0) is 69.7 Å². The number of benzene rings is 1. The number of hydrogen-bond acceptors (Lipinski definition) is 2. The molecular weight excluding hydrogens is 232 g/mol. The molecular formula is C17H30N2. The van der Waals surface area contributed by atoms with Gasteiger partial charge in [-0.1, -0.05) is 25.1 Å². The first-order valence-electron chi connectivity index (χ1n) is 7.51. The van der Waals surface area contributed by atoms with Crippen LogP contribution < -0.4 is 11.1 Å². The third-order valence-electron chi connectivity index (χ3n) is 3.26. The molecule has 0 amide bonds. The van der Waals surface area contributed by atoms with Crippen LogP contribution in [-0.2, 0) is 19.4 Å². The Labute approximate surface area is 118 Å². The van der Waals surface area contributed by atoms with E-state index in [1.54, 1.807) is 0 Å². The van der Waals surface area contributed by atoms with Gasteiger partial charge in [0.05, 0.1) is 0 Å². The second-order valence-electron chi connectivity index (χ2n) is 6.36. The first kappa shape index (κ1) is 16.2. The lowest BCUT2D eigenvalue weighted by Gasteiger charge is -2.21. The predicted octanol–water partition coefficient (Wildman–Crippen LogP) is 3.42. The van der Waals surface area contributed by atoms with Crippen LogP contribution in [0, 0.1) is 0 Å². The second kappa shape index (κ2) is 7.66. The molecule has 0 fully saturated rings. The summed E-state index contributed by atoms with van der Waals surface area (Å²) in [6, 6.07) is 7.01. The molecule has 108 valence electrons. The lowest BCUT2D eigenvalue weighted by Crippen LogP contribution is -2.35. The molecule has 0 aliphatic heterocycles. The summed E-state index contributed by atoms with van der Waals surface area (Å²) in [6.07, 6.45) is 4.56. The van der Waals surface area contributed by atoms with Crippen LogP contribution in [-0.4, -0.2) is 12.1 Å². The fourth-order valence-corrected chi connectivity index (χ4v) is 2.13. The van der Waals surface area contributed by atoms with Crippen LogP contribution in [0.5, 0.6) is 0 Å². The molecule has 0 unspecified atom stereocenters. The number of aryl methyl sites for hydroxylation is 2. The van der Waals surface area contributed by atoms with Gasteiger partial charge < -0.3 is 11.1 Å². The van der Waals surface area contributed by atoms with E-state index in [0.29, 0.717) is 0 Å². The van der Waals surface area contributed by atoms with Gasteiger partial charge in [-0.25, -0.2) is 0 Å². The average molecular weight is 262 g/mol. The molecule has 0 spiro atoms. The molecule has 2 heteroatoms. The smallest absolute Gasteiger partial charge is 0.0210 e. The number of unbranched alkanes of at least 4 members (excludes halogenated alkanes) is 1. The molecule has 0 bridgehead atoms. The van der Waals surface area contributed by atoms with E-state index >= 15 is 0 Å². The Morgan fingerprint density at radius 1 is 1.00 bits per heavy atom. The molecule has 1 aromatic rings. The van der Waals surface area contributed by atoms with Crippen molar-refractivity contribution in [3.8, 4) is 0 Å². The molecule has 0 radical (unpaired) electrons. The zero-order valence-electron chi connectivity index (χ0n) is 13.1. The Morgan fingerprint density at radius 2 is 1.63 bits per heavy atom. The summed E-state index contributed by atoms with van der Waals surface area (Å²) in [7, 11) is 0. The minimum absolute atomic E-state index is 0.169. The van der Waals surface area contributed by atoms with E-state index in [1.807, 2.05) is 0 Å². The molecule has 1 aromatic carbocycles. The maximum absolute atomic E-state index is 5.56. The second-order valence-corrected chi connectivity index (χ2v) is 6.36.